The fourth-order valence-electron chi connectivity index (χ4n) is 3.04. The van der Waals surface area contributed by atoms with E-state index in [2.05, 4.69) is 15.0 Å². The highest BCUT2D eigenvalue weighted by Gasteiger charge is 2.27. The number of fused-ring (bicyclic) bond motifs is 1. The molecule has 1 aliphatic carbocycles. The van der Waals surface area contributed by atoms with Crippen molar-refractivity contribution in [1.29, 1.82) is 0 Å². The molecule has 0 unspecified atom stereocenters. The number of sulfonamides is 1. The molecule has 24 heavy (non-hydrogen) atoms. The van der Waals surface area contributed by atoms with Gasteiger partial charge in [0.15, 0.2) is 11.3 Å². The first-order valence-corrected chi connectivity index (χ1v) is 9.47. The van der Waals surface area contributed by atoms with E-state index in [0.717, 1.165) is 6.26 Å². The molecule has 9 nitrogen and oxygen atoms in total. The molecule has 130 valence electrons. The van der Waals surface area contributed by atoms with E-state index in [1.165, 1.54) is 12.5 Å². The van der Waals surface area contributed by atoms with E-state index in [9.17, 15) is 18.5 Å². The van der Waals surface area contributed by atoms with Crippen LogP contribution in [0.3, 0.4) is 0 Å². The van der Waals surface area contributed by atoms with E-state index in [1.54, 1.807) is 6.07 Å². The molecule has 0 saturated heterocycles. The maximum Gasteiger partial charge on any atom is 0.314 e. The van der Waals surface area contributed by atoms with Gasteiger partial charge in [0.05, 0.1) is 17.4 Å². The maximum atomic E-state index is 11.3. The van der Waals surface area contributed by atoms with Crippen molar-refractivity contribution in [2.24, 2.45) is 0 Å². The molecule has 0 radical (unpaired) electrons. The van der Waals surface area contributed by atoms with E-state index < -0.39 is 14.9 Å². The number of anilines is 1. The summed E-state index contributed by atoms with van der Waals surface area (Å²) < 4.78 is 30.5. The minimum Gasteiger partial charge on any atom is -0.460 e. The monoisotopic (exact) mass is 354 g/mol. The lowest BCUT2D eigenvalue weighted by Gasteiger charge is -2.29. The summed E-state index contributed by atoms with van der Waals surface area (Å²) in [7, 11) is -3.22. The zero-order chi connectivity index (χ0) is 17.3. The van der Waals surface area contributed by atoms with Gasteiger partial charge >= 0.3 is 5.69 Å². The van der Waals surface area contributed by atoms with Crippen molar-refractivity contribution in [1.82, 2.24) is 9.71 Å². The van der Waals surface area contributed by atoms with Crippen molar-refractivity contribution in [2.45, 2.75) is 37.8 Å². The number of nitrogens with one attached hydrogen (secondary N) is 2. The van der Waals surface area contributed by atoms with Crippen molar-refractivity contribution in [3.63, 3.8) is 0 Å². The third-order valence-corrected chi connectivity index (χ3v) is 4.87. The molecule has 10 heteroatoms. The summed E-state index contributed by atoms with van der Waals surface area (Å²) in [6.07, 6.45) is 6.56. The first-order chi connectivity index (χ1) is 11.3. The van der Waals surface area contributed by atoms with Crippen molar-refractivity contribution in [2.75, 3.05) is 11.6 Å². The Balaban J connectivity index is 1.75. The summed E-state index contributed by atoms with van der Waals surface area (Å²) in [5.41, 5.74) is 1.11. The zero-order valence-corrected chi connectivity index (χ0v) is 13.9. The second-order valence-corrected chi connectivity index (χ2v) is 7.77. The van der Waals surface area contributed by atoms with Crippen LogP contribution >= 0.6 is 0 Å². The van der Waals surface area contributed by atoms with Gasteiger partial charge in [-0.05, 0) is 25.7 Å². The molecule has 2 heterocycles. The van der Waals surface area contributed by atoms with Crippen molar-refractivity contribution in [3.8, 4) is 0 Å². The van der Waals surface area contributed by atoms with Gasteiger partial charge in [-0.1, -0.05) is 0 Å². The molecule has 2 N–H and O–H groups in total. The van der Waals surface area contributed by atoms with Crippen molar-refractivity contribution >= 4 is 32.5 Å². The molecule has 1 saturated carbocycles. The summed E-state index contributed by atoms with van der Waals surface area (Å²) >= 11 is 0. The molecular weight excluding hydrogens is 336 g/mol. The molecule has 0 spiro atoms. The second kappa shape index (κ2) is 6.36. The summed E-state index contributed by atoms with van der Waals surface area (Å²) in [6.45, 7) is 0. The molecule has 1 fully saturated rings. The highest BCUT2D eigenvalue weighted by molar-refractivity contribution is 7.88. The molecule has 0 atom stereocenters. The smallest absolute Gasteiger partial charge is 0.314 e. The lowest BCUT2D eigenvalue weighted by molar-refractivity contribution is -0.384. The van der Waals surface area contributed by atoms with Gasteiger partial charge in [-0.25, -0.2) is 18.1 Å². The minimum atomic E-state index is -3.22. The quantitative estimate of drug-likeness (QED) is 0.621. The van der Waals surface area contributed by atoms with Gasteiger partial charge in [0.1, 0.15) is 11.7 Å². The molecule has 2 aromatic heterocycles. The van der Waals surface area contributed by atoms with E-state index in [-0.39, 0.29) is 17.8 Å². The molecule has 2 aromatic rings. The van der Waals surface area contributed by atoms with Gasteiger partial charge in [0.2, 0.25) is 10.0 Å². The number of hydrogen-bond acceptors (Lipinski definition) is 7. The first-order valence-electron chi connectivity index (χ1n) is 7.58. The van der Waals surface area contributed by atoms with Crippen LogP contribution in [0.5, 0.6) is 0 Å². The fourth-order valence-corrected chi connectivity index (χ4v) is 3.88. The third kappa shape index (κ3) is 3.65. The van der Waals surface area contributed by atoms with Gasteiger partial charge in [-0.3, -0.25) is 10.1 Å². The molecular formula is C14H18N4O5S. The SMILES string of the molecule is CS(=O)(=O)NC1CCC(Nc2c([N+](=O)[O-])cnc3ccoc23)CC1. The standard InChI is InChI=1S/C14H18N4O5S/c1-24(21,22)17-10-4-2-9(3-5-10)16-13-12(18(19)20)8-15-11-6-7-23-14(11)13/h6-10,17H,2-5H2,1H3,(H,15,16). The number of hydrogen-bond donors (Lipinski definition) is 2. The molecule has 0 amide bonds. The lowest BCUT2D eigenvalue weighted by Crippen LogP contribution is -2.39. The number of pyridine rings is 1. The summed E-state index contributed by atoms with van der Waals surface area (Å²) in [4.78, 5) is 14.8. The Bertz CT molecular complexity index is 855. The highest BCUT2D eigenvalue weighted by atomic mass is 32.2. The third-order valence-electron chi connectivity index (χ3n) is 4.11. The lowest BCUT2D eigenvalue weighted by atomic mass is 9.91. The van der Waals surface area contributed by atoms with E-state index in [0.29, 0.717) is 42.5 Å². The second-order valence-electron chi connectivity index (χ2n) is 5.99. The van der Waals surface area contributed by atoms with E-state index in [1.807, 2.05) is 0 Å². The average molecular weight is 354 g/mol. The largest absolute Gasteiger partial charge is 0.460 e. The molecule has 1 aliphatic rings. The van der Waals surface area contributed by atoms with Crippen LogP contribution in [0.15, 0.2) is 22.9 Å². The molecule has 0 aromatic carbocycles. The highest BCUT2D eigenvalue weighted by Crippen LogP contribution is 2.34. The van der Waals surface area contributed by atoms with E-state index in [4.69, 9.17) is 4.42 Å². The maximum absolute atomic E-state index is 11.3. The Labute approximate surface area is 138 Å². The number of rotatable bonds is 5. The van der Waals surface area contributed by atoms with Crippen LogP contribution in [-0.2, 0) is 10.0 Å². The van der Waals surface area contributed by atoms with Crippen LogP contribution < -0.4 is 10.0 Å². The Morgan fingerprint density at radius 1 is 1.29 bits per heavy atom. The molecule has 3 rings (SSSR count). The van der Waals surface area contributed by atoms with Gasteiger partial charge in [0, 0.05) is 18.2 Å². The van der Waals surface area contributed by atoms with Crippen LogP contribution in [0.2, 0.25) is 0 Å². The summed E-state index contributed by atoms with van der Waals surface area (Å²) in [5.74, 6) is 0. The Morgan fingerprint density at radius 2 is 1.96 bits per heavy atom. The topological polar surface area (TPSA) is 127 Å². The van der Waals surface area contributed by atoms with Crippen LogP contribution in [-0.4, -0.2) is 36.7 Å². The van der Waals surface area contributed by atoms with Gasteiger partial charge in [0.25, 0.3) is 0 Å². The zero-order valence-electron chi connectivity index (χ0n) is 13.1. The van der Waals surface area contributed by atoms with Gasteiger partial charge in [-0.15, -0.1) is 0 Å². The predicted molar refractivity (Wildman–Crippen MR) is 88.3 cm³/mol. The van der Waals surface area contributed by atoms with Crippen LogP contribution in [0.1, 0.15) is 25.7 Å². The number of nitrogens with zero attached hydrogens (tertiary/aromatic N) is 2. The predicted octanol–water partition coefficient (Wildman–Crippen LogP) is 2.01. The van der Waals surface area contributed by atoms with Crippen molar-refractivity contribution in [3.05, 3.63) is 28.6 Å². The summed E-state index contributed by atoms with van der Waals surface area (Å²) in [6, 6.07) is 1.57. The molecule has 0 bridgehead atoms. The number of furan rings is 1. The van der Waals surface area contributed by atoms with Crippen LogP contribution in [0.4, 0.5) is 11.4 Å². The minimum absolute atomic E-state index is 0.0111. The van der Waals surface area contributed by atoms with Gasteiger partial charge in [-0.2, -0.15) is 0 Å². The Morgan fingerprint density at radius 3 is 2.58 bits per heavy atom. The number of aromatic nitrogens is 1. The Kier molecular flexibility index (Phi) is 4.41. The average Bonchev–Trinajstić information content (AvgIpc) is 2.96. The summed E-state index contributed by atoms with van der Waals surface area (Å²) in [5, 5.41) is 14.4. The van der Waals surface area contributed by atoms with E-state index >= 15 is 0 Å². The first kappa shape index (κ1) is 16.7. The number of nitro groups is 1. The normalized spacial score (nSPS) is 21.7. The molecule has 0 aliphatic heterocycles. The van der Waals surface area contributed by atoms with Gasteiger partial charge < -0.3 is 9.73 Å². The van der Waals surface area contributed by atoms with Crippen LogP contribution in [0, 0.1) is 10.1 Å². The Hall–Kier alpha value is -2.20. The van der Waals surface area contributed by atoms with Crippen molar-refractivity contribution < 1.29 is 17.8 Å². The van der Waals surface area contributed by atoms with Crippen LogP contribution in [0.25, 0.3) is 11.1 Å². The fraction of sp³-hybridized carbons (Fsp3) is 0.500.